The van der Waals surface area contributed by atoms with E-state index in [-0.39, 0.29) is 11.2 Å². The predicted molar refractivity (Wildman–Crippen MR) is 84.6 cm³/mol. The summed E-state index contributed by atoms with van der Waals surface area (Å²) >= 11 is 0. The summed E-state index contributed by atoms with van der Waals surface area (Å²) in [6.45, 7) is 13.1. The maximum atomic E-state index is 11.1. The van der Waals surface area contributed by atoms with Crippen molar-refractivity contribution in [3.05, 3.63) is 29.3 Å². The molecule has 1 aromatic carbocycles. The molecule has 2 heteroatoms. The lowest BCUT2D eigenvalue weighted by Crippen LogP contribution is -2.14. The van der Waals surface area contributed by atoms with E-state index in [0.29, 0.717) is 18.9 Å². The van der Waals surface area contributed by atoms with Gasteiger partial charge in [0, 0.05) is 6.42 Å². The van der Waals surface area contributed by atoms with Crippen LogP contribution in [0.1, 0.15) is 71.4 Å². The third-order valence-electron chi connectivity index (χ3n) is 3.61. The molecule has 0 amide bonds. The van der Waals surface area contributed by atoms with Crippen LogP contribution in [0.25, 0.3) is 0 Å². The zero-order valence-corrected chi connectivity index (χ0v) is 13.7. The van der Waals surface area contributed by atoms with Gasteiger partial charge in [0.05, 0.1) is 6.61 Å². The molecule has 0 spiro atoms. The summed E-state index contributed by atoms with van der Waals surface area (Å²) in [5.41, 5.74) is 2.59. The van der Waals surface area contributed by atoms with Crippen LogP contribution in [0.3, 0.4) is 0 Å². The highest BCUT2D eigenvalue weighted by Gasteiger charge is 2.20. The lowest BCUT2D eigenvalue weighted by atomic mass is 9.83. The van der Waals surface area contributed by atoms with Crippen molar-refractivity contribution < 1.29 is 9.53 Å². The SMILES string of the molecule is CCOc1ccc(C(C)CCC(C)=O)cc1C(C)(C)C. The van der Waals surface area contributed by atoms with Gasteiger partial charge >= 0.3 is 0 Å². The molecular weight excluding hydrogens is 248 g/mol. The second kappa shape index (κ2) is 6.92. The van der Waals surface area contributed by atoms with Gasteiger partial charge in [-0.15, -0.1) is 0 Å². The monoisotopic (exact) mass is 276 g/mol. The van der Waals surface area contributed by atoms with Crippen molar-refractivity contribution in [1.82, 2.24) is 0 Å². The minimum Gasteiger partial charge on any atom is -0.494 e. The predicted octanol–water partition coefficient (Wildman–Crippen LogP) is 4.86. The normalized spacial score (nSPS) is 13.1. The molecule has 0 aliphatic heterocycles. The average molecular weight is 276 g/mol. The van der Waals surface area contributed by atoms with Crippen LogP contribution >= 0.6 is 0 Å². The Bertz CT molecular complexity index is 455. The van der Waals surface area contributed by atoms with Crippen molar-refractivity contribution in [1.29, 1.82) is 0 Å². The van der Waals surface area contributed by atoms with Crippen LogP contribution in [0.15, 0.2) is 18.2 Å². The highest BCUT2D eigenvalue weighted by molar-refractivity contribution is 5.75. The van der Waals surface area contributed by atoms with Crippen LogP contribution in [0.4, 0.5) is 0 Å². The summed E-state index contributed by atoms with van der Waals surface area (Å²) in [4.78, 5) is 11.1. The zero-order valence-electron chi connectivity index (χ0n) is 13.7. The number of benzene rings is 1. The molecule has 0 fully saturated rings. The minimum absolute atomic E-state index is 0.0564. The molecular formula is C18H28O2. The maximum absolute atomic E-state index is 11.1. The molecule has 20 heavy (non-hydrogen) atoms. The molecule has 0 aromatic heterocycles. The summed E-state index contributed by atoms with van der Waals surface area (Å²) in [6, 6.07) is 6.45. The number of ketones is 1. The van der Waals surface area contributed by atoms with E-state index in [2.05, 4.69) is 45.9 Å². The van der Waals surface area contributed by atoms with Crippen LogP contribution in [0, 0.1) is 0 Å². The first-order valence-electron chi connectivity index (χ1n) is 7.52. The van der Waals surface area contributed by atoms with Gasteiger partial charge in [0.2, 0.25) is 0 Å². The Morgan fingerprint density at radius 3 is 2.45 bits per heavy atom. The van der Waals surface area contributed by atoms with E-state index in [4.69, 9.17) is 4.74 Å². The first-order chi connectivity index (χ1) is 9.25. The molecule has 0 saturated carbocycles. The Labute approximate surface area is 123 Å². The van der Waals surface area contributed by atoms with Crippen molar-refractivity contribution in [3.8, 4) is 5.75 Å². The fraction of sp³-hybridized carbons (Fsp3) is 0.611. The Balaban J connectivity index is 3.02. The summed E-state index contributed by atoms with van der Waals surface area (Å²) in [7, 11) is 0. The highest BCUT2D eigenvalue weighted by Crippen LogP contribution is 2.34. The van der Waals surface area contributed by atoms with Crippen molar-refractivity contribution in [3.63, 3.8) is 0 Å². The summed E-state index contributed by atoms with van der Waals surface area (Å²) < 4.78 is 5.74. The second-order valence-corrected chi connectivity index (χ2v) is 6.58. The number of ether oxygens (including phenoxy) is 1. The molecule has 0 aliphatic rings. The third-order valence-corrected chi connectivity index (χ3v) is 3.61. The number of rotatable bonds is 6. The number of carbonyl (C=O) groups excluding carboxylic acids is 1. The topological polar surface area (TPSA) is 26.3 Å². The number of hydrogen-bond acceptors (Lipinski definition) is 2. The van der Waals surface area contributed by atoms with E-state index in [1.165, 1.54) is 11.1 Å². The van der Waals surface area contributed by atoms with Crippen LogP contribution in [-0.4, -0.2) is 12.4 Å². The van der Waals surface area contributed by atoms with Crippen LogP contribution in [0.2, 0.25) is 0 Å². The third kappa shape index (κ3) is 4.66. The van der Waals surface area contributed by atoms with Crippen molar-refractivity contribution in [2.45, 2.75) is 65.7 Å². The molecule has 1 aromatic rings. The quantitative estimate of drug-likeness (QED) is 0.742. The zero-order chi connectivity index (χ0) is 15.3. The van der Waals surface area contributed by atoms with Gasteiger partial charge < -0.3 is 9.53 Å². The van der Waals surface area contributed by atoms with Gasteiger partial charge in [-0.05, 0) is 48.8 Å². The van der Waals surface area contributed by atoms with Gasteiger partial charge in [0.15, 0.2) is 0 Å². The van der Waals surface area contributed by atoms with Crippen molar-refractivity contribution in [2.75, 3.05) is 6.61 Å². The van der Waals surface area contributed by atoms with Gasteiger partial charge in [-0.1, -0.05) is 39.8 Å². The first kappa shape index (κ1) is 16.7. The van der Waals surface area contributed by atoms with E-state index in [1.54, 1.807) is 6.92 Å². The van der Waals surface area contributed by atoms with Crippen molar-refractivity contribution >= 4 is 5.78 Å². The van der Waals surface area contributed by atoms with Gasteiger partial charge in [-0.2, -0.15) is 0 Å². The molecule has 112 valence electrons. The molecule has 0 N–H and O–H groups in total. The Hall–Kier alpha value is -1.31. The van der Waals surface area contributed by atoms with Gasteiger partial charge in [-0.3, -0.25) is 0 Å². The maximum Gasteiger partial charge on any atom is 0.129 e. The van der Waals surface area contributed by atoms with Crippen LogP contribution in [-0.2, 0) is 10.2 Å². The smallest absolute Gasteiger partial charge is 0.129 e. The van der Waals surface area contributed by atoms with E-state index >= 15 is 0 Å². The minimum atomic E-state index is 0.0564. The molecule has 0 heterocycles. The fourth-order valence-electron chi connectivity index (χ4n) is 2.31. The summed E-state index contributed by atoms with van der Waals surface area (Å²) in [5, 5.41) is 0. The molecule has 0 saturated heterocycles. The van der Waals surface area contributed by atoms with Crippen LogP contribution in [0.5, 0.6) is 5.75 Å². The average Bonchev–Trinajstić information content (AvgIpc) is 2.35. The number of carbonyl (C=O) groups is 1. The molecule has 1 unspecified atom stereocenters. The van der Waals surface area contributed by atoms with Crippen molar-refractivity contribution in [2.24, 2.45) is 0 Å². The summed E-state index contributed by atoms with van der Waals surface area (Å²) in [5.74, 6) is 1.64. The summed E-state index contributed by atoms with van der Waals surface area (Å²) in [6.07, 6.45) is 1.56. The lowest BCUT2D eigenvalue weighted by Gasteiger charge is -2.24. The highest BCUT2D eigenvalue weighted by atomic mass is 16.5. The van der Waals surface area contributed by atoms with E-state index in [9.17, 15) is 4.79 Å². The van der Waals surface area contributed by atoms with E-state index < -0.39 is 0 Å². The molecule has 0 radical (unpaired) electrons. The Morgan fingerprint density at radius 1 is 1.30 bits per heavy atom. The second-order valence-electron chi connectivity index (χ2n) is 6.58. The van der Waals surface area contributed by atoms with E-state index in [1.807, 2.05) is 6.92 Å². The molecule has 0 bridgehead atoms. The van der Waals surface area contributed by atoms with Crippen LogP contribution < -0.4 is 4.74 Å². The number of hydrogen-bond donors (Lipinski definition) is 0. The van der Waals surface area contributed by atoms with Gasteiger partial charge in [-0.25, -0.2) is 0 Å². The standard InChI is InChI=1S/C18H28O2/c1-7-20-17-11-10-15(12-16(17)18(4,5)6)13(2)8-9-14(3)19/h10-13H,7-9H2,1-6H3. The first-order valence-corrected chi connectivity index (χ1v) is 7.52. The fourth-order valence-corrected chi connectivity index (χ4v) is 2.31. The lowest BCUT2D eigenvalue weighted by molar-refractivity contribution is -0.117. The Morgan fingerprint density at radius 2 is 1.95 bits per heavy atom. The largest absolute Gasteiger partial charge is 0.494 e. The molecule has 0 aliphatic carbocycles. The van der Waals surface area contributed by atoms with Gasteiger partial charge in [0.1, 0.15) is 11.5 Å². The molecule has 2 nitrogen and oxygen atoms in total. The van der Waals surface area contributed by atoms with E-state index in [0.717, 1.165) is 12.2 Å². The Kier molecular flexibility index (Phi) is 5.79. The molecule has 1 rings (SSSR count). The number of Topliss-reactive ketones (excluding diaryl/α,β-unsaturated/α-hetero) is 1. The van der Waals surface area contributed by atoms with Gasteiger partial charge in [0.25, 0.3) is 0 Å². The molecule has 1 atom stereocenters.